The second-order valence-corrected chi connectivity index (χ2v) is 4.40. The van der Waals surface area contributed by atoms with Gasteiger partial charge < -0.3 is 15.3 Å². The third-order valence-electron chi connectivity index (χ3n) is 2.89. The van der Waals surface area contributed by atoms with Gasteiger partial charge in [0.1, 0.15) is 0 Å². The summed E-state index contributed by atoms with van der Waals surface area (Å²) in [6.45, 7) is 3.03. The van der Waals surface area contributed by atoms with Crippen molar-refractivity contribution in [2.24, 2.45) is 5.92 Å². The van der Waals surface area contributed by atoms with Crippen LogP contribution in [0.5, 0.6) is 0 Å². The van der Waals surface area contributed by atoms with E-state index in [1.165, 1.54) is 0 Å². The summed E-state index contributed by atoms with van der Waals surface area (Å²) in [6.07, 6.45) is 2.92. The number of aliphatic hydroxyl groups excluding tert-OH is 1. The maximum absolute atomic E-state index is 11.3. The van der Waals surface area contributed by atoms with Crippen molar-refractivity contribution in [3.63, 3.8) is 0 Å². The molecule has 2 fully saturated rings. The number of carbonyl (C=O) groups excluding carboxylic acids is 1. The predicted molar refractivity (Wildman–Crippen MR) is 52.8 cm³/mol. The van der Waals surface area contributed by atoms with Crippen molar-refractivity contribution in [3.05, 3.63) is 0 Å². The molecule has 4 nitrogen and oxygen atoms in total. The van der Waals surface area contributed by atoms with Crippen LogP contribution in [0.3, 0.4) is 0 Å². The molecule has 1 amide bonds. The minimum Gasteiger partial charge on any atom is -0.396 e. The molecule has 2 rings (SSSR count). The van der Waals surface area contributed by atoms with E-state index in [1.54, 1.807) is 0 Å². The molecule has 1 aliphatic carbocycles. The Hall–Kier alpha value is -0.610. The summed E-state index contributed by atoms with van der Waals surface area (Å²) in [4.78, 5) is 13.5. The average Bonchev–Trinajstić information content (AvgIpc) is 2.86. The third kappa shape index (κ3) is 2.69. The summed E-state index contributed by atoms with van der Waals surface area (Å²) in [5.74, 6) is 0.626. The monoisotopic (exact) mass is 198 g/mol. The van der Waals surface area contributed by atoms with Crippen molar-refractivity contribution in [2.45, 2.75) is 25.3 Å². The predicted octanol–water partition coefficient (Wildman–Crippen LogP) is -0.421. The summed E-state index contributed by atoms with van der Waals surface area (Å²) < 4.78 is 0. The van der Waals surface area contributed by atoms with Crippen molar-refractivity contribution >= 4 is 5.91 Å². The Morgan fingerprint density at radius 3 is 2.71 bits per heavy atom. The van der Waals surface area contributed by atoms with Crippen LogP contribution in [0.4, 0.5) is 0 Å². The van der Waals surface area contributed by atoms with E-state index >= 15 is 0 Å². The van der Waals surface area contributed by atoms with Crippen LogP contribution in [-0.4, -0.2) is 48.2 Å². The van der Waals surface area contributed by atoms with Crippen LogP contribution >= 0.6 is 0 Å². The van der Waals surface area contributed by atoms with Crippen LogP contribution in [0.2, 0.25) is 0 Å². The zero-order chi connectivity index (χ0) is 9.97. The molecular formula is C10H18N2O2. The van der Waals surface area contributed by atoms with E-state index in [1.807, 2.05) is 0 Å². The molecule has 1 heterocycles. The smallest absolute Gasteiger partial charge is 0.221 e. The third-order valence-corrected chi connectivity index (χ3v) is 2.89. The van der Waals surface area contributed by atoms with E-state index < -0.39 is 0 Å². The summed E-state index contributed by atoms with van der Waals surface area (Å²) in [7, 11) is 0. The minimum atomic E-state index is 0.181. The number of rotatable bonds is 5. The van der Waals surface area contributed by atoms with Gasteiger partial charge in [0.15, 0.2) is 0 Å². The standard InChI is InChI=1S/C10H18N2O2/c13-7-8-5-12(6-8)4-3-10(14)11-9-1-2-9/h8-9,13H,1-7H2,(H,11,14). The Bertz CT molecular complexity index is 210. The van der Waals surface area contributed by atoms with Gasteiger partial charge in [0.05, 0.1) is 0 Å². The van der Waals surface area contributed by atoms with Gasteiger partial charge in [-0.25, -0.2) is 0 Å². The maximum atomic E-state index is 11.3. The van der Waals surface area contributed by atoms with Gasteiger partial charge in [-0.05, 0) is 12.8 Å². The fraction of sp³-hybridized carbons (Fsp3) is 0.900. The van der Waals surface area contributed by atoms with Crippen LogP contribution in [-0.2, 0) is 4.79 Å². The Kier molecular flexibility index (Phi) is 3.03. The fourth-order valence-corrected chi connectivity index (χ4v) is 1.76. The first-order valence-corrected chi connectivity index (χ1v) is 5.40. The fourth-order valence-electron chi connectivity index (χ4n) is 1.76. The van der Waals surface area contributed by atoms with Gasteiger partial charge in [-0.1, -0.05) is 0 Å². The van der Waals surface area contributed by atoms with Crippen molar-refractivity contribution in [1.82, 2.24) is 10.2 Å². The molecule has 1 saturated carbocycles. The molecule has 80 valence electrons. The molecule has 2 aliphatic rings. The van der Waals surface area contributed by atoms with Crippen LogP contribution in [0.25, 0.3) is 0 Å². The highest BCUT2D eigenvalue weighted by Gasteiger charge is 2.27. The molecule has 0 spiro atoms. The first kappa shape index (κ1) is 9.93. The van der Waals surface area contributed by atoms with Gasteiger partial charge in [-0.2, -0.15) is 0 Å². The average molecular weight is 198 g/mol. The largest absolute Gasteiger partial charge is 0.396 e. The number of nitrogens with zero attached hydrogens (tertiary/aromatic N) is 1. The molecular weight excluding hydrogens is 180 g/mol. The summed E-state index contributed by atoms with van der Waals surface area (Å²) >= 11 is 0. The Morgan fingerprint density at radius 2 is 2.14 bits per heavy atom. The van der Waals surface area contributed by atoms with Gasteiger partial charge in [-0.15, -0.1) is 0 Å². The first-order valence-electron chi connectivity index (χ1n) is 5.40. The number of nitrogens with one attached hydrogen (secondary N) is 1. The lowest BCUT2D eigenvalue weighted by molar-refractivity contribution is -0.122. The van der Waals surface area contributed by atoms with E-state index in [2.05, 4.69) is 10.2 Å². The zero-order valence-corrected chi connectivity index (χ0v) is 8.41. The van der Waals surface area contributed by atoms with Gasteiger partial charge in [0, 0.05) is 44.6 Å². The molecule has 0 aromatic rings. The van der Waals surface area contributed by atoms with E-state index in [4.69, 9.17) is 5.11 Å². The lowest BCUT2D eigenvalue weighted by atomic mass is 10.0. The molecule has 0 aromatic carbocycles. The summed E-state index contributed by atoms with van der Waals surface area (Å²) in [5.41, 5.74) is 0. The molecule has 2 N–H and O–H groups in total. The number of likely N-dealkylation sites (tertiary alicyclic amines) is 1. The van der Waals surface area contributed by atoms with Crippen molar-refractivity contribution < 1.29 is 9.90 Å². The molecule has 1 aliphatic heterocycles. The Labute approximate surface area is 84.3 Å². The molecule has 14 heavy (non-hydrogen) atoms. The van der Waals surface area contributed by atoms with Crippen LogP contribution in [0, 0.1) is 5.92 Å². The zero-order valence-electron chi connectivity index (χ0n) is 8.41. The molecule has 0 bridgehead atoms. The highest BCUT2D eigenvalue weighted by Crippen LogP contribution is 2.19. The SMILES string of the molecule is O=C(CCN1CC(CO)C1)NC1CC1. The van der Waals surface area contributed by atoms with Gasteiger partial charge in [0.2, 0.25) is 5.91 Å². The highest BCUT2D eigenvalue weighted by molar-refractivity contribution is 5.76. The van der Waals surface area contributed by atoms with E-state index in [0.29, 0.717) is 18.4 Å². The molecule has 4 heteroatoms. The quantitative estimate of drug-likeness (QED) is 0.631. The van der Waals surface area contributed by atoms with Crippen molar-refractivity contribution in [1.29, 1.82) is 0 Å². The van der Waals surface area contributed by atoms with E-state index in [0.717, 1.165) is 32.5 Å². The Morgan fingerprint density at radius 1 is 1.43 bits per heavy atom. The van der Waals surface area contributed by atoms with Crippen LogP contribution in [0.15, 0.2) is 0 Å². The topological polar surface area (TPSA) is 52.6 Å². The molecule has 0 unspecified atom stereocenters. The number of amides is 1. The van der Waals surface area contributed by atoms with Crippen molar-refractivity contribution in [3.8, 4) is 0 Å². The molecule has 0 radical (unpaired) electrons. The summed E-state index contributed by atoms with van der Waals surface area (Å²) in [5, 5.41) is 11.8. The lowest BCUT2D eigenvalue weighted by Crippen LogP contribution is -2.49. The van der Waals surface area contributed by atoms with E-state index in [9.17, 15) is 4.79 Å². The second kappa shape index (κ2) is 4.28. The highest BCUT2D eigenvalue weighted by atomic mass is 16.3. The van der Waals surface area contributed by atoms with Crippen molar-refractivity contribution in [2.75, 3.05) is 26.2 Å². The first-order chi connectivity index (χ1) is 6.78. The summed E-state index contributed by atoms with van der Waals surface area (Å²) in [6, 6.07) is 0.476. The number of hydrogen-bond acceptors (Lipinski definition) is 3. The Balaban J connectivity index is 1.52. The second-order valence-electron chi connectivity index (χ2n) is 4.40. The molecule has 1 saturated heterocycles. The van der Waals surface area contributed by atoms with Gasteiger partial charge in [0.25, 0.3) is 0 Å². The number of aliphatic hydroxyl groups is 1. The normalized spacial score (nSPS) is 23.2. The minimum absolute atomic E-state index is 0.181. The number of carbonyl (C=O) groups is 1. The lowest BCUT2D eigenvalue weighted by Gasteiger charge is -2.38. The maximum Gasteiger partial charge on any atom is 0.221 e. The van der Waals surface area contributed by atoms with Crippen LogP contribution < -0.4 is 5.32 Å². The molecule has 0 atom stereocenters. The van der Waals surface area contributed by atoms with Gasteiger partial charge >= 0.3 is 0 Å². The van der Waals surface area contributed by atoms with E-state index in [-0.39, 0.29) is 12.5 Å². The molecule has 0 aromatic heterocycles. The number of hydrogen-bond donors (Lipinski definition) is 2. The van der Waals surface area contributed by atoms with Crippen LogP contribution in [0.1, 0.15) is 19.3 Å². The van der Waals surface area contributed by atoms with Gasteiger partial charge in [-0.3, -0.25) is 4.79 Å².